The first-order valence-electron chi connectivity index (χ1n) is 5.56. The van der Waals surface area contributed by atoms with Crippen LogP contribution in [0.4, 0.5) is 0 Å². The normalized spacial score (nSPS) is 10.4. The second-order valence-electron chi connectivity index (χ2n) is 4.22. The van der Waals surface area contributed by atoms with Crippen molar-refractivity contribution >= 4 is 11.6 Å². The Bertz CT molecular complexity index is 623. The van der Waals surface area contributed by atoms with Crippen LogP contribution in [0, 0.1) is 13.8 Å². The lowest BCUT2D eigenvalue weighted by Gasteiger charge is -2.11. The molecule has 0 spiro atoms. The third-order valence-corrected chi connectivity index (χ3v) is 3.01. The van der Waals surface area contributed by atoms with Crippen LogP contribution in [0.15, 0.2) is 29.1 Å². The Kier molecular flexibility index (Phi) is 3.43. The molecule has 0 radical (unpaired) electrons. The Hall–Kier alpha value is -1.74. The summed E-state index contributed by atoms with van der Waals surface area (Å²) in [6.07, 6.45) is 0. The van der Waals surface area contributed by atoms with E-state index < -0.39 is 0 Å². The zero-order chi connectivity index (χ0) is 13.3. The van der Waals surface area contributed by atoms with Gasteiger partial charge in [0, 0.05) is 6.07 Å². The molecule has 4 heteroatoms. The monoisotopic (exact) mass is 263 g/mol. The number of methoxy groups -OCH3 is 1. The number of ether oxygens (including phenoxy) is 1. The molecule has 0 aliphatic rings. The largest absolute Gasteiger partial charge is 0.496 e. The zero-order valence-electron chi connectivity index (χ0n) is 10.5. The summed E-state index contributed by atoms with van der Waals surface area (Å²) in [7, 11) is 1.65. The zero-order valence-corrected chi connectivity index (χ0v) is 11.3. The van der Waals surface area contributed by atoms with E-state index in [4.69, 9.17) is 16.3 Å². The molecule has 2 aromatic rings. The topological polar surface area (TPSA) is 42.1 Å². The van der Waals surface area contributed by atoms with Crippen molar-refractivity contribution < 1.29 is 4.74 Å². The fourth-order valence-electron chi connectivity index (χ4n) is 2.11. The van der Waals surface area contributed by atoms with Gasteiger partial charge < -0.3 is 9.72 Å². The molecule has 0 aliphatic carbocycles. The van der Waals surface area contributed by atoms with Crippen LogP contribution < -0.4 is 10.3 Å². The lowest BCUT2D eigenvalue weighted by Crippen LogP contribution is -2.04. The fraction of sp³-hybridized carbons (Fsp3) is 0.214. The van der Waals surface area contributed by atoms with Crippen molar-refractivity contribution in [3.05, 3.63) is 50.9 Å². The minimum Gasteiger partial charge on any atom is -0.496 e. The number of nitrogens with one attached hydrogen (secondary N) is 1. The van der Waals surface area contributed by atoms with Crippen LogP contribution in [0.25, 0.3) is 11.1 Å². The van der Waals surface area contributed by atoms with E-state index in [0.717, 1.165) is 28.0 Å². The number of rotatable bonds is 2. The molecule has 0 aliphatic heterocycles. The number of H-pyrrole nitrogens is 1. The maximum absolute atomic E-state index is 11.4. The van der Waals surface area contributed by atoms with Crippen molar-refractivity contribution in [3.8, 4) is 16.9 Å². The maximum Gasteiger partial charge on any atom is 0.249 e. The van der Waals surface area contributed by atoms with Crippen LogP contribution >= 0.6 is 11.6 Å². The summed E-state index contributed by atoms with van der Waals surface area (Å²) in [6, 6.07) is 7.24. The predicted molar refractivity (Wildman–Crippen MR) is 73.5 cm³/mol. The quantitative estimate of drug-likeness (QED) is 0.845. The van der Waals surface area contributed by atoms with E-state index in [1.165, 1.54) is 6.07 Å². The Morgan fingerprint density at radius 1 is 1.06 bits per heavy atom. The highest BCUT2D eigenvalue weighted by Crippen LogP contribution is 2.29. The molecule has 0 atom stereocenters. The molecule has 1 aromatic carbocycles. The number of halogens is 1. The molecule has 0 fully saturated rings. The van der Waals surface area contributed by atoms with Gasteiger partial charge >= 0.3 is 0 Å². The van der Waals surface area contributed by atoms with E-state index >= 15 is 0 Å². The van der Waals surface area contributed by atoms with Crippen LogP contribution in [-0.4, -0.2) is 12.1 Å². The second-order valence-corrected chi connectivity index (χ2v) is 4.63. The van der Waals surface area contributed by atoms with Crippen LogP contribution in [0.1, 0.15) is 11.1 Å². The first-order chi connectivity index (χ1) is 8.51. The van der Waals surface area contributed by atoms with Gasteiger partial charge in [-0.1, -0.05) is 11.6 Å². The van der Waals surface area contributed by atoms with Crippen molar-refractivity contribution in [1.29, 1.82) is 0 Å². The summed E-state index contributed by atoms with van der Waals surface area (Å²) in [5.74, 6) is 0.870. The summed E-state index contributed by atoms with van der Waals surface area (Å²) in [4.78, 5) is 13.9. The highest BCUT2D eigenvalue weighted by atomic mass is 35.5. The van der Waals surface area contributed by atoms with Crippen molar-refractivity contribution in [2.24, 2.45) is 0 Å². The lowest BCUT2D eigenvalue weighted by molar-refractivity contribution is 0.408. The highest BCUT2D eigenvalue weighted by molar-refractivity contribution is 6.29. The van der Waals surface area contributed by atoms with E-state index in [9.17, 15) is 4.79 Å². The molecule has 3 nitrogen and oxygen atoms in total. The summed E-state index contributed by atoms with van der Waals surface area (Å²) in [5, 5.41) is 0.337. The van der Waals surface area contributed by atoms with Gasteiger partial charge in [-0.2, -0.15) is 0 Å². The van der Waals surface area contributed by atoms with Gasteiger partial charge in [-0.3, -0.25) is 4.79 Å². The minimum absolute atomic E-state index is 0.205. The Labute approximate surface area is 110 Å². The molecular weight excluding hydrogens is 250 g/mol. The molecular formula is C14H14ClNO2. The van der Waals surface area contributed by atoms with E-state index in [1.807, 2.05) is 26.0 Å². The molecule has 1 aromatic heterocycles. The van der Waals surface area contributed by atoms with Crippen LogP contribution in [0.5, 0.6) is 5.75 Å². The SMILES string of the molecule is COc1c(C)cc(-c2cc(Cl)[nH]c(=O)c2)cc1C. The average Bonchev–Trinajstić information content (AvgIpc) is 2.27. The smallest absolute Gasteiger partial charge is 0.249 e. The number of aromatic amines is 1. The third kappa shape index (κ3) is 2.41. The Morgan fingerprint density at radius 3 is 2.11 bits per heavy atom. The number of hydrogen-bond acceptors (Lipinski definition) is 2. The molecule has 0 saturated heterocycles. The van der Waals surface area contributed by atoms with Gasteiger partial charge in [0.25, 0.3) is 0 Å². The first-order valence-corrected chi connectivity index (χ1v) is 5.94. The van der Waals surface area contributed by atoms with Crippen molar-refractivity contribution in [2.45, 2.75) is 13.8 Å². The second kappa shape index (κ2) is 4.86. The van der Waals surface area contributed by atoms with Crippen LogP contribution in [0.3, 0.4) is 0 Å². The van der Waals surface area contributed by atoms with Crippen LogP contribution in [-0.2, 0) is 0 Å². The number of aromatic nitrogens is 1. The van der Waals surface area contributed by atoms with E-state index in [0.29, 0.717) is 5.15 Å². The number of benzene rings is 1. The van der Waals surface area contributed by atoms with Gasteiger partial charge in [0.2, 0.25) is 5.56 Å². The Morgan fingerprint density at radius 2 is 1.61 bits per heavy atom. The fourth-order valence-corrected chi connectivity index (χ4v) is 2.33. The molecule has 0 bridgehead atoms. The number of hydrogen-bond donors (Lipinski definition) is 1. The molecule has 2 rings (SSSR count). The van der Waals surface area contributed by atoms with Crippen molar-refractivity contribution in [2.75, 3.05) is 7.11 Å². The van der Waals surface area contributed by atoms with Gasteiger partial charge in [0.15, 0.2) is 0 Å². The average molecular weight is 264 g/mol. The van der Waals surface area contributed by atoms with E-state index in [-0.39, 0.29) is 5.56 Å². The summed E-state index contributed by atoms with van der Waals surface area (Å²) < 4.78 is 5.32. The van der Waals surface area contributed by atoms with Gasteiger partial charge in [-0.25, -0.2) is 0 Å². The first kappa shape index (κ1) is 12.7. The predicted octanol–water partition coefficient (Wildman–Crippen LogP) is 3.32. The number of pyridine rings is 1. The molecule has 0 unspecified atom stereocenters. The minimum atomic E-state index is -0.205. The number of aryl methyl sites for hydroxylation is 2. The van der Waals surface area contributed by atoms with Gasteiger partial charge in [0.05, 0.1) is 7.11 Å². The molecule has 94 valence electrons. The van der Waals surface area contributed by atoms with Crippen LogP contribution in [0.2, 0.25) is 5.15 Å². The van der Waals surface area contributed by atoms with Gasteiger partial charge in [0.1, 0.15) is 10.9 Å². The van der Waals surface area contributed by atoms with E-state index in [1.54, 1.807) is 13.2 Å². The highest BCUT2D eigenvalue weighted by Gasteiger charge is 2.08. The standard InChI is InChI=1S/C14H14ClNO2/c1-8-4-10(5-9(2)14(8)18-3)11-6-12(15)16-13(17)7-11/h4-7H,1-3H3,(H,16,17). The molecule has 0 amide bonds. The van der Waals surface area contributed by atoms with Crippen molar-refractivity contribution in [1.82, 2.24) is 4.98 Å². The lowest BCUT2D eigenvalue weighted by atomic mass is 10.0. The van der Waals surface area contributed by atoms with Gasteiger partial charge in [-0.15, -0.1) is 0 Å². The van der Waals surface area contributed by atoms with Crippen molar-refractivity contribution in [3.63, 3.8) is 0 Å². The maximum atomic E-state index is 11.4. The summed E-state index contributed by atoms with van der Waals surface area (Å²) in [6.45, 7) is 3.95. The molecule has 1 heterocycles. The Balaban J connectivity index is 2.61. The molecule has 18 heavy (non-hydrogen) atoms. The molecule has 0 saturated carbocycles. The summed E-state index contributed by atoms with van der Waals surface area (Å²) in [5.41, 5.74) is 3.62. The third-order valence-electron chi connectivity index (χ3n) is 2.81. The summed E-state index contributed by atoms with van der Waals surface area (Å²) >= 11 is 5.86. The molecule has 1 N–H and O–H groups in total. The van der Waals surface area contributed by atoms with Gasteiger partial charge in [-0.05, 0) is 54.3 Å². The van der Waals surface area contributed by atoms with E-state index in [2.05, 4.69) is 4.98 Å².